The summed E-state index contributed by atoms with van der Waals surface area (Å²) >= 11 is 0. The molecule has 0 unspecified atom stereocenters. The zero-order valence-corrected chi connectivity index (χ0v) is 17.8. The molecule has 0 atom stereocenters. The average molecular weight is 375 g/mol. The largest absolute Gasteiger partial charge is 0.401 e. The second-order valence-electron chi connectivity index (χ2n) is 7.85. The quantitative estimate of drug-likeness (QED) is 0.441. The van der Waals surface area contributed by atoms with Crippen molar-refractivity contribution in [2.75, 3.05) is 0 Å². The molecule has 0 heterocycles. The van der Waals surface area contributed by atoms with E-state index in [0.717, 1.165) is 0 Å². The summed E-state index contributed by atoms with van der Waals surface area (Å²) in [6.45, 7) is 9.07. The number of rotatable bonds is 7. The summed E-state index contributed by atoms with van der Waals surface area (Å²) < 4.78 is 7.26. The van der Waals surface area contributed by atoms with Crippen LogP contribution in [0, 0.1) is 11.8 Å². The number of benzene rings is 3. The SMILES string of the molecule is CC(C)C(O[Si](c1ccccc1)(c1ccccc1)c1ccccc1)C(C)C. The molecule has 3 aromatic rings. The van der Waals surface area contributed by atoms with Crippen molar-refractivity contribution in [3.05, 3.63) is 91.0 Å². The van der Waals surface area contributed by atoms with Gasteiger partial charge in [-0.25, -0.2) is 0 Å². The van der Waals surface area contributed by atoms with Crippen LogP contribution in [0.4, 0.5) is 0 Å². The Balaban J connectivity index is 2.29. The van der Waals surface area contributed by atoms with E-state index in [1.54, 1.807) is 0 Å². The molecule has 0 saturated heterocycles. The van der Waals surface area contributed by atoms with Crippen molar-refractivity contribution in [2.24, 2.45) is 11.8 Å². The van der Waals surface area contributed by atoms with Crippen LogP contribution in [0.15, 0.2) is 91.0 Å². The molecule has 0 saturated carbocycles. The lowest BCUT2D eigenvalue weighted by atomic mass is 9.97. The van der Waals surface area contributed by atoms with Gasteiger partial charge in [-0.05, 0) is 27.4 Å². The maximum absolute atomic E-state index is 7.26. The first-order chi connectivity index (χ1) is 13.1. The van der Waals surface area contributed by atoms with Gasteiger partial charge in [-0.2, -0.15) is 0 Å². The van der Waals surface area contributed by atoms with Gasteiger partial charge in [0.2, 0.25) is 0 Å². The minimum atomic E-state index is -2.61. The van der Waals surface area contributed by atoms with Gasteiger partial charge >= 0.3 is 0 Å². The minimum Gasteiger partial charge on any atom is -0.401 e. The third kappa shape index (κ3) is 4.07. The highest BCUT2D eigenvalue weighted by molar-refractivity contribution is 7.07. The summed E-state index contributed by atoms with van der Waals surface area (Å²) in [6, 6.07) is 32.5. The molecule has 0 spiro atoms. The van der Waals surface area contributed by atoms with E-state index in [1.165, 1.54) is 15.6 Å². The average Bonchev–Trinajstić information content (AvgIpc) is 2.70. The molecule has 0 aliphatic heterocycles. The van der Waals surface area contributed by atoms with Gasteiger partial charge in [0, 0.05) is 0 Å². The van der Waals surface area contributed by atoms with Crippen LogP contribution < -0.4 is 15.6 Å². The molecule has 0 fully saturated rings. The molecule has 140 valence electrons. The third-order valence-electron chi connectivity index (χ3n) is 5.17. The fourth-order valence-corrected chi connectivity index (χ4v) is 8.32. The Bertz CT molecular complexity index is 708. The molecular formula is C25H30OSi. The minimum absolute atomic E-state index is 0.192. The van der Waals surface area contributed by atoms with Crippen LogP contribution in [0.1, 0.15) is 27.7 Å². The summed E-state index contributed by atoms with van der Waals surface area (Å²) in [5.74, 6) is 0.904. The smallest absolute Gasteiger partial charge is 0.288 e. The van der Waals surface area contributed by atoms with Crippen molar-refractivity contribution in [1.82, 2.24) is 0 Å². The molecule has 0 N–H and O–H groups in total. The molecule has 0 bridgehead atoms. The second kappa shape index (κ2) is 8.68. The predicted molar refractivity (Wildman–Crippen MR) is 119 cm³/mol. The molecule has 0 aliphatic rings. The fourth-order valence-electron chi connectivity index (χ4n) is 3.97. The van der Waals surface area contributed by atoms with Crippen LogP contribution >= 0.6 is 0 Å². The van der Waals surface area contributed by atoms with Gasteiger partial charge in [0.05, 0.1) is 6.10 Å². The topological polar surface area (TPSA) is 9.23 Å². The molecule has 27 heavy (non-hydrogen) atoms. The van der Waals surface area contributed by atoms with Crippen molar-refractivity contribution < 1.29 is 4.43 Å². The van der Waals surface area contributed by atoms with Gasteiger partial charge in [-0.3, -0.25) is 0 Å². The zero-order chi connectivity index (χ0) is 19.3. The van der Waals surface area contributed by atoms with Gasteiger partial charge in [0.1, 0.15) is 0 Å². The zero-order valence-electron chi connectivity index (χ0n) is 16.8. The van der Waals surface area contributed by atoms with E-state index in [2.05, 4.69) is 119 Å². The first-order valence-corrected chi connectivity index (χ1v) is 11.8. The van der Waals surface area contributed by atoms with Gasteiger partial charge < -0.3 is 4.43 Å². The molecule has 0 aromatic heterocycles. The molecule has 2 heteroatoms. The normalized spacial score (nSPS) is 12.1. The molecule has 0 aliphatic carbocycles. The number of hydrogen-bond donors (Lipinski definition) is 0. The third-order valence-corrected chi connectivity index (χ3v) is 9.23. The fraction of sp³-hybridized carbons (Fsp3) is 0.280. The first-order valence-electron chi connectivity index (χ1n) is 9.90. The Morgan fingerprint density at radius 3 is 1.07 bits per heavy atom. The molecule has 1 nitrogen and oxygen atoms in total. The maximum atomic E-state index is 7.26. The van der Waals surface area contributed by atoms with Crippen molar-refractivity contribution in [3.8, 4) is 0 Å². The van der Waals surface area contributed by atoms with Crippen LogP contribution in [-0.2, 0) is 4.43 Å². The van der Waals surface area contributed by atoms with E-state index in [9.17, 15) is 0 Å². The van der Waals surface area contributed by atoms with E-state index >= 15 is 0 Å². The van der Waals surface area contributed by atoms with Crippen molar-refractivity contribution in [3.63, 3.8) is 0 Å². The van der Waals surface area contributed by atoms with Crippen molar-refractivity contribution in [2.45, 2.75) is 33.8 Å². The molecule has 3 rings (SSSR count). The second-order valence-corrected chi connectivity index (χ2v) is 11.2. The van der Waals surface area contributed by atoms with Gasteiger partial charge in [-0.15, -0.1) is 0 Å². The van der Waals surface area contributed by atoms with Crippen molar-refractivity contribution in [1.29, 1.82) is 0 Å². The Morgan fingerprint density at radius 2 is 0.815 bits per heavy atom. The lowest BCUT2D eigenvalue weighted by Gasteiger charge is -2.39. The summed E-state index contributed by atoms with van der Waals surface area (Å²) in [4.78, 5) is 0. The lowest BCUT2D eigenvalue weighted by Crippen LogP contribution is -2.71. The van der Waals surface area contributed by atoms with E-state index in [1.807, 2.05) is 0 Å². The van der Waals surface area contributed by atoms with Gasteiger partial charge in [0.15, 0.2) is 0 Å². The maximum Gasteiger partial charge on any atom is 0.288 e. The van der Waals surface area contributed by atoms with E-state index in [0.29, 0.717) is 11.8 Å². The molecule has 3 aromatic carbocycles. The lowest BCUT2D eigenvalue weighted by molar-refractivity contribution is 0.104. The number of hydrogen-bond acceptors (Lipinski definition) is 1. The van der Waals surface area contributed by atoms with Crippen LogP contribution in [0.25, 0.3) is 0 Å². The highest BCUT2D eigenvalue weighted by atomic mass is 28.4. The van der Waals surface area contributed by atoms with Crippen LogP contribution in [0.2, 0.25) is 0 Å². The Kier molecular flexibility index (Phi) is 6.30. The van der Waals surface area contributed by atoms with Gasteiger partial charge in [-0.1, -0.05) is 119 Å². The first kappa shape index (κ1) is 19.6. The summed E-state index contributed by atoms with van der Waals surface area (Å²) in [6.07, 6.45) is 0.192. The highest BCUT2D eigenvalue weighted by Crippen LogP contribution is 2.22. The van der Waals surface area contributed by atoms with E-state index in [4.69, 9.17) is 4.43 Å². The van der Waals surface area contributed by atoms with Gasteiger partial charge in [0.25, 0.3) is 8.32 Å². The Morgan fingerprint density at radius 1 is 0.519 bits per heavy atom. The summed E-state index contributed by atoms with van der Waals surface area (Å²) in [7, 11) is -2.61. The molecule has 0 amide bonds. The molecule has 0 radical (unpaired) electrons. The van der Waals surface area contributed by atoms with Crippen LogP contribution in [-0.4, -0.2) is 14.4 Å². The predicted octanol–water partition coefficient (Wildman–Crippen LogP) is 4.35. The van der Waals surface area contributed by atoms with E-state index in [-0.39, 0.29) is 6.10 Å². The highest BCUT2D eigenvalue weighted by Gasteiger charge is 2.44. The van der Waals surface area contributed by atoms with Crippen molar-refractivity contribution >= 4 is 23.9 Å². The van der Waals surface area contributed by atoms with Crippen LogP contribution in [0.3, 0.4) is 0 Å². The summed E-state index contributed by atoms with van der Waals surface area (Å²) in [5.41, 5.74) is 0. The van der Waals surface area contributed by atoms with Crippen LogP contribution in [0.5, 0.6) is 0 Å². The summed E-state index contributed by atoms with van der Waals surface area (Å²) in [5, 5.41) is 3.90. The Labute approximate surface area is 165 Å². The molecular weight excluding hydrogens is 344 g/mol. The Hall–Kier alpha value is -2.16. The standard InChI is InChI=1S/C25H30OSi/c1-20(2)25(21(3)4)26-27(22-14-8-5-9-15-22,23-16-10-6-11-17-23)24-18-12-7-13-19-24/h5-21,25H,1-4H3. The van der Waals surface area contributed by atoms with E-state index < -0.39 is 8.32 Å². The monoisotopic (exact) mass is 374 g/mol.